The zero-order valence-corrected chi connectivity index (χ0v) is 11.4. The fourth-order valence-corrected chi connectivity index (χ4v) is 2.12. The van der Waals surface area contributed by atoms with Crippen molar-refractivity contribution in [1.29, 1.82) is 0 Å². The van der Waals surface area contributed by atoms with Crippen molar-refractivity contribution < 1.29 is 13.2 Å². The van der Waals surface area contributed by atoms with Gasteiger partial charge in [-0.15, -0.1) is 0 Å². The molecule has 0 bridgehead atoms. The summed E-state index contributed by atoms with van der Waals surface area (Å²) in [6.07, 6.45) is -4.31. The second-order valence-electron chi connectivity index (χ2n) is 4.80. The molecule has 20 heavy (non-hydrogen) atoms. The average Bonchev–Trinajstić information content (AvgIpc) is 2.37. The van der Waals surface area contributed by atoms with Crippen LogP contribution in [-0.4, -0.2) is 0 Å². The maximum absolute atomic E-state index is 12.6. The van der Waals surface area contributed by atoms with Crippen LogP contribution in [0.15, 0.2) is 42.5 Å². The number of aryl methyl sites for hydroxylation is 2. The van der Waals surface area contributed by atoms with Crippen molar-refractivity contribution in [3.63, 3.8) is 0 Å². The molecule has 0 radical (unpaired) electrons. The van der Waals surface area contributed by atoms with Crippen LogP contribution < -0.4 is 5.32 Å². The first kappa shape index (κ1) is 14.4. The van der Waals surface area contributed by atoms with Gasteiger partial charge in [-0.3, -0.25) is 0 Å². The molecule has 1 nitrogen and oxygen atoms in total. The molecule has 0 aliphatic carbocycles. The van der Waals surface area contributed by atoms with Crippen molar-refractivity contribution >= 4 is 5.69 Å². The van der Waals surface area contributed by atoms with E-state index >= 15 is 0 Å². The molecule has 0 spiro atoms. The first-order chi connectivity index (χ1) is 9.38. The van der Waals surface area contributed by atoms with Crippen molar-refractivity contribution in [2.75, 3.05) is 5.32 Å². The van der Waals surface area contributed by atoms with E-state index in [1.807, 2.05) is 32.0 Å². The van der Waals surface area contributed by atoms with Crippen LogP contribution >= 0.6 is 0 Å². The summed E-state index contributed by atoms with van der Waals surface area (Å²) < 4.78 is 37.9. The molecule has 0 fully saturated rings. The van der Waals surface area contributed by atoms with Crippen molar-refractivity contribution in [3.05, 3.63) is 64.7 Å². The Morgan fingerprint density at radius 3 is 2.15 bits per heavy atom. The van der Waals surface area contributed by atoms with Crippen molar-refractivity contribution in [1.82, 2.24) is 0 Å². The van der Waals surface area contributed by atoms with Crippen LogP contribution in [0.25, 0.3) is 0 Å². The van der Waals surface area contributed by atoms with Gasteiger partial charge in [0, 0.05) is 12.2 Å². The minimum Gasteiger partial charge on any atom is -0.381 e. The molecule has 1 N–H and O–H groups in total. The Morgan fingerprint density at radius 2 is 1.55 bits per heavy atom. The molecule has 0 unspecified atom stereocenters. The predicted molar refractivity (Wildman–Crippen MR) is 74.7 cm³/mol. The smallest absolute Gasteiger partial charge is 0.381 e. The third-order valence-electron chi connectivity index (χ3n) is 3.30. The highest BCUT2D eigenvalue weighted by Gasteiger charge is 2.30. The third kappa shape index (κ3) is 3.32. The van der Waals surface area contributed by atoms with E-state index in [-0.39, 0.29) is 0 Å². The Morgan fingerprint density at radius 1 is 0.950 bits per heavy atom. The Bertz CT molecular complexity index is 583. The molecule has 0 amide bonds. The monoisotopic (exact) mass is 279 g/mol. The molecular formula is C16H16F3N. The molecule has 106 valence electrons. The minimum atomic E-state index is -4.31. The summed E-state index contributed by atoms with van der Waals surface area (Å²) in [7, 11) is 0. The van der Waals surface area contributed by atoms with Gasteiger partial charge >= 0.3 is 6.18 Å². The lowest BCUT2D eigenvalue weighted by Gasteiger charge is -2.13. The van der Waals surface area contributed by atoms with Crippen LogP contribution in [0.5, 0.6) is 0 Å². The molecule has 0 aliphatic rings. The van der Waals surface area contributed by atoms with Gasteiger partial charge in [-0.25, -0.2) is 0 Å². The van der Waals surface area contributed by atoms with E-state index in [0.717, 1.165) is 28.8 Å². The van der Waals surface area contributed by atoms with Crippen LogP contribution in [0.3, 0.4) is 0 Å². The maximum atomic E-state index is 12.6. The zero-order chi connectivity index (χ0) is 14.8. The average molecular weight is 279 g/mol. The highest BCUT2D eigenvalue weighted by Crippen LogP contribution is 2.30. The summed E-state index contributed by atoms with van der Waals surface area (Å²) in [6, 6.07) is 11.2. The van der Waals surface area contributed by atoms with Gasteiger partial charge in [-0.05, 0) is 48.7 Å². The molecule has 0 aromatic heterocycles. The van der Waals surface area contributed by atoms with E-state index < -0.39 is 11.7 Å². The molecule has 0 atom stereocenters. The fourth-order valence-electron chi connectivity index (χ4n) is 2.12. The van der Waals surface area contributed by atoms with Gasteiger partial charge in [-0.2, -0.15) is 13.2 Å². The number of nitrogens with one attached hydrogen (secondary N) is 1. The first-order valence-corrected chi connectivity index (χ1v) is 6.34. The number of hydrogen-bond donors (Lipinski definition) is 1. The van der Waals surface area contributed by atoms with Gasteiger partial charge in [0.25, 0.3) is 0 Å². The second kappa shape index (κ2) is 5.57. The molecule has 4 heteroatoms. The molecule has 2 rings (SSSR count). The lowest BCUT2D eigenvalue weighted by Crippen LogP contribution is -2.07. The number of halogens is 3. The predicted octanol–water partition coefficient (Wildman–Crippen LogP) is 4.93. The zero-order valence-electron chi connectivity index (χ0n) is 11.4. The van der Waals surface area contributed by atoms with Crippen molar-refractivity contribution in [2.45, 2.75) is 26.6 Å². The van der Waals surface area contributed by atoms with E-state index in [1.165, 1.54) is 6.07 Å². The van der Waals surface area contributed by atoms with E-state index in [1.54, 1.807) is 6.07 Å². The van der Waals surface area contributed by atoms with Crippen LogP contribution in [0.4, 0.5) is 18.9 Å². The van der Waals surface area contributed by atoms with Gasteiger partial charge in [0.2, 0.25) is 0 Å². The molecular weight excluding hydrogens is 263 g/mol. The van der Waals surface area contributed by atoms with E-state index in [9.17, 15) is 13.2 Å². The molecule has 2 aromatic carbocycles. The summed E-state index contributed by atoms with van der Waals surface area (Å²) in [5, 5.41) is 3.06. The highest BCUT2D eigenvalue weighted by molar-refractivity contribution is 5.48. The summed E-state index contributed by atoms with van der Waals surface area (Å²) in [5.41, 5.74) is 3.21. The quantitative estimate of drug-likeness (QED) is 0.839. The lowest BCUT2D eigenvalue weighted by atomic mass is 10.0. The topological polar surface area (TPSA) is 12.0 Å². The Balaban J connectivity index is 2.16. The van der Waals surface area contributed by atoms with Gasteiger partial charge in [0.05, 0.1) is 5.56 Å². The van der Waals surface area contributed by atoms with Crippen LogP contribution in [-0.2, 0) is 12.7 Å². The van der Waals surface area contributed by atoms with E-state index in [2.05, 4.69) is 5.32 Å². The van der Waals surface area contributed by atoms with Gasteiger partial charge in [0.1, 0.15) is 0 Å². The van der Waals surface area contributed by atoms with Crippen LogP contribution in [0.2, 0.25) is 0 Å². The normalized spacial score (nSPS) is 11.4. The minimum absolute atomic E-state index is 0.475. The number of benzene rings is 2. The standard InChI is InChI=1S/C16H16F3N/c1-11-5-3-6-12(2)15(11)10-20-14-8-4-7-13(9-14)16(17,18)19/h3-9,20H,10H2,1-2H3. The Kier molecular flexibility index (Phi) is 4.02. The number of anilines is 1. The van der Waals surface area contributed by atoms with E-state index in [0.29, 0.717) is 12.2 Å². The maximum Gasteiger partial charge on any atom is 0.416 e. The van der Waals surface area contributed by atoms with Gasteiger partial charge in [-0.1, -0.05) is 24.3 Å². The molecule has 0 saturated carbocycles. The summed E-state index contributed by atoms with van der Waals surface area (Å²) >= 11 is 0. The number of rotatable bonds is 3. The number of alkyl halides is 3. The van der Waals surface area contributed by atoms with Crippen molar-refractivity contribution in [2.24, 2.45) is 0 Å². The summed E-state index contributed by atoms with van der Waals surface area (Å²) in [6.45, 7) is 4.51. The Hall–Kier alpha value is -1.97. The SMILES string of the molecule is Cc1cccc(C)c1CNc1cccc(C(F)(F)F)c1. The molecule has 0 aliphatic heterocycles. The van der Waals surface area contributed by atoms with Gasteiger partial charge < -0.3 is 5.32 Å². The number of hydrogen-bond acceptors (Lipinski definition) is 1. The van der Waals surface area contributed by atoms with Crippen molar-refractivity contribution in [3.8, 4) is 0 Å². The Labute approximate surface area is 116 Å². The summed E-state index contributed by atoms with van der Waals surface area (Å²) in [5.74, 6) is 0. The lowest BCUT2D eigenvalue weighted by molar-refractivity contribution is -0.137. The molecule has 2 aromatic rings. The highest BCUT2D eigenvalue weighted by atomic mass is 19.4. The van der Waals surface area contributed by atoms with Crippen LogP contribution in [0, 0.1) is 13.8 Å². The van der Waals surface area contributed by atoms with Crippen LogP contribution in [0.1, 0.15) is 22.3 Å². The molecule has 0 saturated heterocycles. The fraction of sp³-hybridized carbons (Fsp3) is 0.250. The largest absolute Gasteiger partial charge is 0.416 e. The molecule has 0 heterocycles. The third-order valence-corrected chi connectivity index (χ3v) is 3.30. The second-order valence-corrected chi connectivity index (χ2v) is 4.80. The van der Waals surface area contributed by atoms with E-state index in [4.69, 9.17) is 0 Å². The summed E-state index contributed by atoms with van der Waals surface area (Å²) in [4.78, 5) is 0. The van der Waals surface area contributed by atoms with Gasteiger partial charge in [0.15, 0.2) is 0 Å². The first-order valence-electron chi connectivity index (χ1n) is 6.34.